The molecule has 0 rings (SSSR count). The van der Waals surface area contributed by atoms with E-state index in [0.29, 0.717) is 0 Å². The minimum atomic E-state index is -0.481. The molecule has 0 fully saturated rings. The third kappa shape index (κ3) is 155. The molecular weight excluding hydrogens is 122 g/mol. The first-order valence-corrected chi connectivity index (χ1v) is 1.97. The number of hydrazine groups is 1. The van der Waals surface area contributed by atoms with E-state index in [9.17, 15) is 4.79 Å². The van der Waals surface area contributed by atoms with Gasteiger partial charge in [0.25, 0.3) is 0 Å². The Kier molecular flexibility index (Phi) is 48.0. The standard InChI is InChI=1S/C3H5NO.CH4O.H4N2/c1-2-3(4)5;2*1-2/h2H,1H2,(H2,4,5);2H,1H3;1-2H2. The van der Waals surface area contributed by atoms with Crippen molar-refractivity contribution in [2.24, 2.45) is 17.4 Å². The number of rotatable bonds is 1. The van der Waals surface area contributed by atoms with Crippen LogP contribution in [0.2, 0.25) is 0 Å². The topological polar surface area (TPSA) is 115 Å². The molecule has 0 spiro atoms. The van der Waals surface area contributed by atoms with Gasteiger partial charge in [0.05, 0.1) is 0 Å². The largest absolute Gasteiger partial charge is 0.400 e. The van der Waals surface area contributed by atoms with Gasteiger partial charge < -0.3 is 10.8 Å². The maximum Gasteiger partial charge on any atom is 0.240 e. The van der Waals surface area contributed by atoms with E-state index in [1.54, 1.807) is 0 Å². The molecule has 1 amide bonds. The number of amides is 1. The van der Waals surface area contributed by atoms with Crippen molar-refractivity contribution in [1.82, 2.24) is 0 Å². The van der Waals surface area contributed by atoms with Crippen LogP contribution in [0.5, 0.6) is 0 Å². The average molecular weight is 135 g/mol. The van der Waals surface area contributed by atoms with Gasteiger partial charge in [-0.3, -0.25) is 16.5 Å². The van der Waals surface area contributed by atoms with Crippen LogP contribution < -0.4 is 17.4 Å². The summed E-state index contributed by atoms with van der Waals surface area (Å²) < 4.78 is 0. The number of nitrogens with two attached hydrogens (primary N) is 3. The fraction of sp³-hybridized carbons (Fsp3) is 0.250. The first-order valence-electron chi connectivity index (χ1n) is 1.97. The zero-order chi connectivity index (χ0) is 8.28. The number of hydrogen-bond donors (Lipinski definition) is 4. The minimum absolute atomic E-state index is 0.481. The van der Waals surface area contributed by atoms with Gasteiger partial charge in [-0.15, -0.1) is 0 Å². The molecule has 5 heteroatoms. The van der Waals surface area contributed by atoms with Gasteiger partial charge in [-0.25, -0.2) is 0 Å². The van der Waals surface area contributed by atoms with Crippen LogP contribution in [0.15, 0.2) is 12.7 Å². The molecule has 0 aromatic carbocycles. The van der Waals surface area contributed by atoms with Crippen molar-refractivity contribution < 1.29 is 9.90 Å². The zero-order valence-electron chi connectivity index (χ0n) is 5.37. The summed E-state index contributed by atoms with van der Waals surface area (Å²) >= 11 is 0. The Morgan fingerprint density at radius 1 is 1.56 bits per heavy atom. The molecule has 0 aromatic heterocycles. The van der Waals surface area contributed by atoms with Crippen LogP contribution in [-0.2, 0) is 4.79 Å². The summed E-state index contributed by atoms with van der Waals surface area (Å²) in [4.78, 5) is 9.47. The van der Waals surface area contributed by atoms with Crippen LogP contribution in [0.4, 0.5) is 0 Å². The molecule has 0 aliphatic carbocycles. The van der Waals surface area contributed by atoms with Gasteiger partial charge in [-0.05, 0) is 6.08 Å². The van der Waals surface area contributed by atoms with E-state index in [-0.39, 0.29) is 0 Å². The molecule has 0 saturated carbocycles. The maximum atomic E-state index is 9.47. The Morgan fingerprint density at radius 2 is 1.67 bits per heavy atom. The maximum absolute atomic E-state index is 9.47. The Balaban J connectivity index is -0.0000000771. The van der Waals surface area contributed by atoms with E-state index in [0.717, 1.165) is 13.2 Å². The number of aliphatic hydroxyl groups excluding tert-OH is 1. The fourth-order valence-electron chi connectivity index (χ4n) is 0. The molecule has 0 unspecified atom stereocenters. The molecule has 0 heterocycles. The van der Waals surface area contributed by atoms with Crippen LogP contribution in [0.25, 0.3) is 0 Å². The number of aliphatic hydroxyl groups is 1. The smallest absolute Gasteiger partial charge is 0.240 e. The SMILES string of the molecule is C=CC(N)=O.CO.NN. The number of hydrogen-bond acceptors (Lipinski definition) is 4. The van der Waals surface area contributed by atoms with Crippen LogP contribution in [0.3, 0.4) is 0 Å². The van der Waals surface area contributed by atoms with Crippen molar-refractivity contribution in [2.45, 2.75) is 0 Å². The molecule has 0 aromatic rings. The minimum Gasteiger partial charge on any atom is -0.400 e. The zero-order valence-corrected chi connectivity index (χ0v) is 5.37. The van der Waals surface area contributed by atoms with E-state index in [1.807, 2.05) is 0 Å². The van der Waals surface area contributed by atoms with Gasteiger partial charge in [-0.2, -0.15) is 0 Å². The van der Waals surface area contributed by atoms with Crippen LogP contribution in [0, 0.1) is 0 Å². The van der Waals surface area contributed by atoms with Gasteiger partial charge in [0, 0.05) is 7.11 Å². The fourth-order valence-corrected chi connectivity index (χ4v) is 0. The summed E-state index contributed by atoms with van der Waals surface area (Å²) in [5, 5.41) is 7.00. The number of carbonyl (C=O) groups excluding carboxylic acids is 1. The van der Waals surface area contributed by atoms with Crippen molar-refractivity contribution in [3.8, 4) is 0 Å². The van der Waals surface area contributed by atoms with Crippen molar-refractivity contribution >= 4 is 5.91 Å². The molecule has 9 heavy (non-hydrogen) atoms. The van der Waals surface area contributed by atoms with E-state index in [1.165, 1.54) is 0 Å². The van der Waals surface area contributed by atoms with E-state index < -0.39 is 5.91 Å². The van der Waals surface area contributed by atoms with Crippen LogP contribution >= 0.6 is 0 Å². The van der Waals surface area contributed by atoms with Crippen molar-refractivity contribution in [1.29, 1.82) is 0 Å². The summed E-state index contributed by atoms with van der Waals surface area (Å²) in [6.45, 7) is 3.09. The van der Waals surface area contributed by atoms with Crippen LogP contribution in [0.1, 0.15) is 0 Å². The van der Waals surface area contributed by atoms with Crippen molar-refractivity contribution in [2.75, 3.05) is 7.11 Å². The Hall–Kier alpha value is -0.910. The molecule has 0 bridgehead atoms. The van der Waals surface area contributed by atoms with Crippen molar-refractivity contribution in [3.63, 3.8) is 0 Å². The van der Waals surface area contributed by atoms with E-state index >= 15 is 0 Å². The molecule has 5 nitrogen and oxygen atoms in total. The van der Waals surface area contributed by atoms with Gasteiger partial charge in [0.15, 0.2) is 0 Å². The lowest BCUT2D eigenvalue weighted by atomic mass is 10.6. The molecule has 56 valence electrons. The van der Waals surface area contributed by atoms with Gasteiger partial charge in [-0.1, -0.05) is 6.58 Å². The van der Waals surface area contributed by atoms with Crippen molar-refractivity contribution in [3.05, 3.63) is 12.7 Å². The van der Waals surface area contributed by atoms with E-state index in [2.05, 4.69) is 24.0 Å². The van der Waals surface area contributed by atoms with Gasteiger partial charge in [0.1, 0.15) is 0 Å². The molecule has 0 atom stereocenters. The Bertz CT molecular complexity index is 64.8. The lowest BCUT2D eigenvalue weighted by Crippen LogP contribution is -2.04. The highest BCUT2D eigenvalue weighted by molar-refractivity contribution is 5.84. The number of carbonyl (C=O) groups is 1. The third-order valence-electron chi connectivity index (χ3n) is 0.201. The molecule has 0 aliphatic rings. The summed E-state index contributed by atoms with van der Waals surface area (Å²) in [6, 6.07) is 0. The second-order valence-corrected chi connectivity index (χ2v) is 0.606. The normalized spacial score (nSPS) is 4.89. The van der Waals surface area contributed by atoms with Gasteiger partial charge >= 0.3 is 0 Å². The second-order valence-electron chi connectivity index (χ2n) is 0.606. The third-order valence-corrected chi connectivity index (χ3v) is 0.201. The first kappa shape index (κ1) is 15.7. The molecule has 0 saturated heterocycles. The summed E-state index contributed by atoms with van der Waals surface area (Å²) in [7, 11) is 1.00. The second kappa shape index (κ2) is 27.5. The highest BCUT2D eigenvalue weighted by Gasteiger charge is 1.69. The monoisotopic (exact) mass is 135 g/mol. The summed E-state index contributed by atoms with van der Waals surface area (Å²) in [5.74, 6) is 7.52. The predicted molar refractivity (Wildman–Crippen MR) is 35.9 cm³/mol. The molecule has 0 aliphatic heterocycles. The quantitative estimate of drug-likeness (QED) is 0.190. The number of primary amides is 1. The van der Waals surface area contributed by atoms with Gasteiger partial charge in [0.2, 0.25) is 5.91 Å². The molecular formula is C4H13N3O2. The predicted octanol–water partition coefficient (Wildman–Crippen LogP) is -1.91. The van der Waals surface area contributed by atoms with Crippen LogP contribution in [-0.4, -0.2) is 18.1 Å². The lowest BCUT2D eigenvalue weighted by Gasteiger charge is -1.65. The molecule has 7 N–H and O–H groups in total. The summed E-state index contributed by atoms with van der Waals surface area (Å²) in [6.07, 6.45) is 1.06. The Labute approximate surface area is 54.1 Å². The first-order chi connectivity index (χ1) is 4.27. The summed E-state index contributed by atoms with van der Waals surface area (Å²) in [5.41, 5.74) is 4.53. The Morgan fingerprint density at radius 3 is 1.67 bits per heavy atom. The lowest BCUT2D eigenvalue weighted by molar-refractivity contribution is -0.113. The highest BCUT2D eigenvalue weighted by atomic mass is 16.2. The highest BCUT2D eigenvalue weighted by Crippen LogP contribution is 1.48. The molecule has 0 radical (unpaired) electrons. The average Bonchev–Trinajstić information content (AvgIpc) is 1.97. The van der Waals surface area contributed by atoms with E-state index in [4.69, 9.17) is 5.11 Å².